The van der Waals surface area contributed by atoms with E-state index in [2.05, 4.69) is 10.0 Å². The summed E-state index contributed by atoms with van der Waals surface area (Å²) < 4.78 is 28.5. The number of benzene rings is 2. The summed E-state index contributed by atoms with van der Waals surface area (Å²) in [6, 6.07) is 18.0. The summed E-state index contributed by atoms with van der Waals surface area (Å²) in [6.07, 6.45) is 4.08. The van der Waals surface area contributed by atoms with Crippen LogP contribution in [0.5, 0.6) is 0 Å². The molecule has 2 aromatic carbocycles. The van der Waals surface area contributed by atoms with Gasteiger partial charge >= 0.3 is 0 Å². The van der Waals surface area contributed by atoms with Crippen LogP contribution in [0, 0.1) is 0 Å². The SMILES string of the molecule is Cl.O=S(=O)(NC1CC2CCC(C1)N2)c1cccc(-c2ccccc2)c1. The van der Waals surface area contributed by atoms with Crippen LogP contribution < -0.4 is 10.0 Å². The zero-order valence-corrected chi connectivity index (χ0v) is 15.5. The van der Waals surface area contributed by atoms with Crippen molar-refractivity contribution in [1.82, 2.24) is 10.0 Å². The number of rotatable bonds is 4. The van der Waals surface area contributed by atoms with Crippen LogP contribution in [0.4, 0.5) is 0 Å². The van der Waals surface area contributed by atoms with Crippen LogP contribution in [0.1, 0.15) is 25.7 Å². The van der Waals surface area contributed by atoms with Gasteiger partial charge in [-0.05, 0) is 48.9 Å². The molecule has 0 spiro atoms. The molecule has 2 unspecified atom stereocenters. The third kappa shape index (κ3) is 4.06. The Bertz CT molecular complexity index is 814. The first-order chi connectivity index (χ1) is 11.6. The fourth-order valence-corrected chi connectivity index (χ4v) is 5.22. The van der Waals surface area contributed by atoms with Crippen LogP contribution >= 0.6 is 12.4 Å². The van der Waals surface area contributed by atoms with E-state index >= 15 is 0 Å². The molecule has 25 heavy (non-hydrogen) atoms. The van der Waals surface area contributed by atoms with Crippen molar-refractivity contribution in [2.45, 2.75) is 48.7 Å². The monoisotopic (exact) mass is 378 g/mol. The second kappa shape index (κ2) is 7.46. The fraction of sp³-hybridized carbons (Fsp3) is 0.368. The molecule has 2 atom stereocenters. The Balaban J connectivity index is 0.00000182. The highest BCUT2D eigenvalue weighted by molar-refractivity contribution is 7.89. The molecule has 0 aliphatic carbocycles. The standard InChI is InChI=1S/C19H22N2O2S.ClH/c22-24(23,21-18-12-16-9-10-17(13-18)20-16)19-8-4-7-15(11-19)14-5-2-1-3-6-14;/h1-8,11,16-18,20-21H,9-10,12-13H2;1H. The van der Waals surface area contributed by atoms with Gasteiger partial charge in [0.05, 0.1) is 4.90 Å². The normalized spacial score (nSPS) is 25.4. The van der Waals surface area contributed by atoms with Crippen LogP contribution in [-0.2, 0) is 10.0 Å². The quantitative estimate of drug-likeness (QED) is 0.857. The van der Waals surface area contributed by atoms with Crippen molar-refractivity contribution in [3.63, 3.8) is 0 Å². The summed E-state index contributed by atoms with van der Waals surface area (Å²) in [5.41, 5.74) is 1.94. The molecular weight excluding hydrogens is 356 g/mol. The predicted molar refractivity (Wildman–Crippen MR) is 102 cm³/mol. The van der Waals surface area contributed by atoms with E-state index in [0.29, 0.717) is 17.0 Å². The highest BCUT2D eigenvalue weighted by Crippen LogP contribution is 2.28. The fourth-order valence-electron chi connectivity index (χ4n) is 3.91. The topological polar surface area (TPSA) is 58.2 Å². The highest BCUT2D eigenvalue weighted by atomic mass is 35.5. The molecule has 0 saturated carbocycles. The molecule has 2 heterocycles. The van der Waals surface area contributed by atoms with Crippen molar-refractivity contribution in [1.29, 1.82) is 0 Å². The Kier molecular flexibility index (Phi) is 5.49. The molecular formula is C19H23ClN2O2S. The second-order valence-corrected chi connectivity index (χ2v) is 8.54. The zero-order valence-electron chi connectivity index (χ0n) is 13.9. The molecule has 2 saturated heterocycles. The Labute approximate surface area is 155 Å². The van der Waals surface area contributed by atoms with Gasteiger partial charge in [-0.1, -0.05) is 42.5 Å². The van der Waals surface area contributed by atoms with Crippen LogP contribution in [0.3, 0.4) is 0 Å². The molecule has 2 N–H and O–H groups in total. The van der Waals surface area contributed by atoms with Gasteiger partial charge in [0.2, 0.25) is 10.0 Å². The van der Waals surface area contributed by atoms with Crippen molar-refractivity contribution in [2.24, 2.45) is 0 Å². The first-order valence-corrected chi connectivity index (χ1v) is 10.0. The lowest BCUT2D eigenvalue weighted by molar-refractivity contribution is 0.345. The second-order valence-electron chi connectivity index (χ2n) is 6.82. The summed E-state index contributed by atoms with van der Waals surface area (Å²) in [4.78, 5) is 0.342. The molecule has 2 aliphatic heterocycles. The van der Waals surface area contributed by atoms with Gasteiger partial charge in [-0.25, -0.2) is 13.1 Å². The van der Waals surface area contributed by atoms with Crippen LogP contribution in [0.25, 0.3) is 11.1 Å². The summed E-state index contributed by atoms with van der Waals surface area (Å²) in [5.74, 6) is 0. The molecule has 2 aliphatic rings. The van der Waals surface area contributed by atoms with Crippen molar-refractivity contribution < 1.29 is 8.42 Å². The molecule has 2 fully saturated rings. The van der Waals surface area contributed by atoms with E-state index in [1.54, 1.807) is 12.1 Å². The van der Waals surface area contributed by atoms with Gasteiger partial charge in [0.1, 0.15) is 0 Å². The highest BCUT2D eigenvalue weighted by Gasteiger charge is 2.35. The smallest absolute Gasteiger partial charge is 0.240 e. The van der Waals surface area contributed by atoms with Crippen LogP contribution in [0.2, 0.25) is 0 Å². The minimum absolute atomic E-state index is 0. The molecule has 4 nitrogen and oxygen atoms in total. The van der Waals surface area contributed by atoms with Crippen molar-refractivity contribution in [3.05, 3.63) is 54.6 Å². The Morgan fingerprint density at radius 1 is 0.880 bits per heavy atom. The number of piperidine rings is 1. The van der Waals surface area contributed by atoms with E-state index in [-0.39, 0.29) is 18.4 Å². The Morgan fingerprint density at radius 3 is 2.20 bits per heavy atom. The summed E-state index contributed by atoms with van der Waals surface area (Å²) in [6.45, 7) is 0. The lowest BCUT2D eigenvalue weighted by Gasteiger charge is -2.29. The summed E-state index contributed by atoms with van der Waals surface area (Å²) in [5, 5.41) is 3.54. The molecule has 0 amide bonds. The van der Waals surface area contributed by atoms with Gasteiger partial charge in [0.15, 0.2) is 0 Å². The van der Waals surface area contributed by atoms with E-state index in [1.807, 2.05) is 42.5 Å². The maximum Gasteiger partial charge on any atom is 0.240 e. The molecule has 4 rings (SSSR count). The average molecular weight is 379 g/mol. The summed E-state index contributed by atoms with van der Waals surface area (Å²) >= 11 is 0. The number of sulfonamides is 1. The minimum Gasteiger partial charge on any atom is -0.311 e. The van der Waals surface area contributed by atoms with Gasteiger partial charge in [0.25, 0.3) is 0 Å². The predicted octanol–water partition coefficient (Wildman–Crippen LogP) is 3.34. The maximum absolute atomic E-state index is 12.8. The van der Waals surface area contributed by atoms with Gasteiger partial charge in [-0.2, -0.15) is 0 Å². The minimum atomic E-state index is -3.49. The van der Waals surface area contributed by atoms with E-state index in [1.165, 1.54) is 0 Å². The maximum atomic E-state index is 12.8. The van der Waals surface area contributed by atoms with Crippen LogP contribution in [0.15, 0.2) is 59.5 Å². The molecule has 6 heteroatoms. The molecule has 0 radical (unpaired) electrons. The third-order valence-corrected chi connectivity index (χ3v) is 6.56. The number of halogens is 1. The first kappa shape index (κ1) is 18.4. The third-order valence-electron chi connectivity index (χ3n) is 5.05. The number of fused-ring (bicyclic) bond motifs is 2. The molecule has 2 bridgehead atoms. The van der Waals surface area contributed by atoms with Crippen LogP contribution in [-0.4, -0.2) is 26.5 Å². The Morgan fingerprint density at radius 2 is 1.52 bits per heavy atom. The number of hydrogen-bond donors (Lipinski definition) is 2. The first-order valence-electron chi connectivity index (χ1n) is 8.54. The number of hydrogen-bond acceptors (Lipinski definition) is 3. The zero-order chi connectivity index (χ0) is 16.6. The van der Waals surface area contributed by atoms with Gasteiger partial charge < -0.3 is 5.32 Å². The number of nitrogens with one attached hydrogen (secondary N) is 2. The van der Waals surface area contributed by atoms with Gasteiger partial charge in [0, 0.05) is 18.1 Å². The molecule has 134 valence electrons. The summed E-state index contributed by atoms with van der Waals surface area (Å²) in [7, 11) is -3.49. The van der Waals surface area contributed by atoms with E-state index < -0.39 is 10.0 Å². The lowest BCUT2D eigenvalue weighted by atomic mass is 10.0. The van der Waals surface area contributed by atoms with Gasteiger partial charge in [-0.3, -0.25) is 0 Å². The van der Waals surface area contributed by atoms with Gasteiger partial charge in [-0.15, -0.1) is 12.4 Å². The van der Waals surface area contributed by atoms with E-state index in [9.17, 15) is 8.42 Å². The lowest BCUT2D eigenvalue weighted by Crippen LogP contribution is -2.47. The van der Waals surface area contributed by atoms with Crippen molar-refractivity contribution >= 4 is 22.4 Å². The average Bonchev–Trinajstić information content (AvgIpc) is 2.94. The Hall–Kier alpha value is -1.40. The molecule has 2 aromatic rings. The molecule has 0 aromatic heterocycles. The largest absolute Gasteiger partial charge is 0.311 e. The van der Waals surface area contributed by atoms with E-state index in [0.717, 1.165) is 36.8 Å². The van der Waals surface area contributed by atoms with E-state index in [4.69, 9.17) is 0 Å². The van der Waals surface area contributed by atoms with Crippen molar-refractivity contribution in [2.75, 3.05) is 0 Å². The van der Waals surface area contributed by atoms with Crippen molar-refractivity contribution in [3.8, 4) is 11.1 Å².